The van der Waals surface area contributed by atoms with Gasteiger partial charge in [-0.3, -0.25) is 10.1 Å². The number of aromatic nitrogens is 1. The van der Waals surface area contributed by atoms with Crippen LogP contribution in [0.25, 0.3) is 0 Å². The van der Waals surface area contributed by atoms with E-state index in [1.165, 1.54) is 18.3 Å². The monoisotopic (exact) mass is 196 g/mol. The number of hydrogen-bond donors (Lipinski definition) is 2. The lowest BCUT2D eigenvalue weighted by molar-refractivity contribution is -0.384. The Kier molecular flexibility index (Phi) is 3.35. The summed E-state index contributed by atoms with van der Waals surface area (Å²) in [4.78, 5) is 14.0. The first kappa shape index (κ1) is 10.4. The normalized spacial score (nSPS) is 12.1. The van der Waals surface area contributed by atoms with Crippen molar-refractivity contribution in [1.29, 1.82) is 0 Å². The molecule has 1 aromatic heterocycles. The van der Waals surface area contributed by atoms with Gasteiger partial charge in [-0.05, 0) is 13.0 Å². The summed E-state index contributed by atoms with van der Waals surface area (Å²) in [5, 5.41) is 13.4. The van der Waals surface area contributed by atoms with Crippen LogP contribution in [0.4, 0.5) is 11.5 Å². The predicted molar refractivity (Wildman–Crippen MR) is 53.0 cm³/mol. The average molecular weight is 196 g/mol. The Bertz CT molecular complexity index is 329. The van der Waals surface area contributed by atoms with Crippen molar-refractivity contribution in [2.45, 2.75) is 13.0 Å². The van der Waals surface area contributed by atoms with E-state index in [9.17, 15) is 10.1 Å². The molecule has 1 heterocycles. The second-order valence-corrected chi connectivity index (χ2v) is 2.91. The van der Waals surface area contributed by atoms with Gasteiger partial charge in [0.25, 0.3) is 0 Å². The van der Waals surface area contributed by atoms with Crippen LogP contribution in [0.15, 0.2) is 18.3 Å². The fourth-order valence-electron chi connectivity index (χ4n) is 0.948. The molecule has 6 nitrogen and oxygen atoms in total. The number of pyridine rings is 1. The lowest BCUT2D eigenvalue weighted by Crippen LogP contribution is -2.26. The zero-order valence-corrected chi connectivity index (χ0v) is 7.80. The third kappa shape index (κ3) is 2.40. The van der Waals surface area contributed by atoms with Gasteiger partial charge >= 0.3 is 5.69 Å². The molecule has 1 atom stereocenters. The summed E-state index contributed by atoms with van der Waals surface area (Å²) in [6, 6.07) is 2.89. The van der Waals surface area contributed by atoms with Gasteiger partial charge in [-0.25, -0.2) is 4.98 Å². The van der Waals surface area contributed by atoms with Crippen LogP contribution in [0, 0.1) is 10.1 Å². The van der Waals surface area contributed by atoms with Crippen LogP contribution in [-0.2, 0) is 0 Å². The van der Waals surface area contributed by atoms with Gasteiger partial charge in [-0.2, -0.15) is 0 Å². The van der Waals surface area contributed by atoms with Crippen molar-refractivity contribution in [2.24, 2.45) is 5.73 Å². The molecule has 6 heteroatoms. The largest absolute Gasteiger partial charge is 0.361 e. The van der Waals surface area contributed by atoms with Crippen molar-refractivity contribution >= 4 is 11.5 Å². The predicted octanol–water partition coefficient (Wildman–Crippen LogP) is 0.749. The topological polar surface area (TPSA) is 94.1 Å². The molecule has 0 aliphatic carbocycles. The summed E-state index contributed by atoms with van der Waals surface area (Å²) < 4.78 is 0. The van der Waals surface area contributed by atoms with E-state index in [4.69, 9.17) is 5.73 Å². The minimum absolute atomic E-state index is 0.0344. The molecule has 14 heavy (non-hydrogen) atoms. The Hall–Kier alpha value is -1.69. The summed E-state index contributed by atoms with van der Waals surface area (Å²) in [7, 11) is 0. The Morgan fingerprint density at radius 1 is 1.79 bits per heavy atom. The molecule has 76 valence electrons. The highest BCUT2D eigenvalue weighted by Crippen LogP contribution is 2.20. The molecule has 1 rings (SSSR count). The molecule has 0 aliphatic heterocycles. The van der Waals surface area contributed by atoms with Gasteiger partial charge in [-0.1, -0.05) is 0 Å². The van der Waals surface area contributed by atoms with Crippen molar-refractivity contribution in [3.63, 3.8) is 0 Å². The summed E-state index contributed by atoms with van der Waals surface area (Å²) in [5.41, 5.74) is 5.35. The number of nitro groups is 1. The van der Waals surface area contributed by atoms with E-state index in [1.807, 2.05) is 6.92 Å². The van der Waals surface area contributed by atoms with Crippen LogP contribution < -0.4 is 11.1 Å². The number of nitrogens with two attached hydrogens (primary N) is 1. The number of nitrogens with one attached hydrogen (secondary N) is 1. The Morgan fingerprint density at radius 2 is 2.50 bits per heavy atom. The molecule has 0 aliphatic rings. The standard InChI is InChI=1S/C8H12N4O2/c1-6(5-9)11-8-7(12(13)14)3-2-4-10-8/h2-4,6H,5,9H2,1H3,(H,10,11). The quantitative estimate of drug-likeness (QED) is 0.547. The molecule has 3 N–H and O–H groups in total. The highest BCUT2D eigenvalue weighted by Gasteiger charge is 2.14. The van der Waals surface area contributed by atoms with Crippen LogP contribution >= 0.6 is 0 Å². The van der Waals surface area contributed by atoms with Gasteiger partial charge in [0, 0.05) is 24.8 Å². The first-order valence-electron chi connectivity index (χ1n) is 4.21. The smallest absolute Gasteiger partial charge is 0.311 e. The third-order valence-corrected chi connectivity index (χ3v) is 1.72. The first-order valence-corrected chi connectivity index (χ1v) is 4.21. The van der Waals surface area contributed by atoms with E-state index in [0.717, 1.165) is 0 Å². The van der Waals surface area contributed by atoms with E-state index in [2.05, 4.69) is 10.3 Å². The van der Waals surface area contributed by atoms with E-state index < -0.39 is 4.92 Å². The van der Waals surface area contributed by atoms with Gasteiger partial charge in [0.05, 0.1) is 4.92 Å². The molecule has 1 aromatic rings. The second-order valence-electron chi connectivity index (χ2n) is 2.91. The van der Waals surface area contributed by atoms with Crippen LogP contribution in [0.5, 0.6) is 0 Å². The molecule has 0 bridgehead atoms. The molecule has 1 unspecified atom stereocenters. The van der Waals surface area contributed by atoms with Gasteiger partial charge in [-0.15, -0.1) is 0 Å². The van der Waals surface area contributed by atoms with Crippen molar-refractivity contribution in [1.82, 2.24) is 4.98 Å². The molecule has 0 aromatic carbocycles. The zero-order chi connectivity index (χ0) is 10.6. The fraction of sp³-hybridized carbons (Fsp3) is 0.375. The number of anilines is 1. The van der Waals surface area contributed by atoms with E-state index in [0.29, 0.717) is 6.54 Å². The highest BCUT2D eigenvalue weighted by atomic mass is 16.6. The van der Waals surface area contributed by atoms with E-state index in [-0.39, 0.29) is 17.5 Å². The Labute approximate surface area is 81.3 Å². The van der Waals surface area contributed by atoms with Crippen molar-refractivity contribution < 1.29 is 4.92 Å². The van der Waals surface area contributed by atoms with Crippen LogP contribution in [0.3, 0.4) is 0 Å². The van der Waals surface area contributed by atoms with Gasteiger partial charge in [0.15, 0.2) is 0 Å². The van der Waals surface area contributed by atoms with Gasteiger partial charge in [0.1, 0.15) is 0 Å². The van der Waals surface area contributed by atoms with E-state index >= 15 is 0 Å². The van der Waals surface area contributed by atoms with Crippen LogP contribution in [0.1, 0.15) is 6.92 Å². The summed E-state index contributed by atoms with van der Waals surface area (Å²) in [6.45, 7) is 2.23. The number of nitrogens with zero attached hydrogens (tertiary/aromatic N) is 2. The molecule has 0 fully saturated rings. The minimum atomic E-state index is -0.474. The Balaban J connectivity index is 2.90. The maximum Gasteiger partial charge on any atom is 0.311 e. The molecule has 0 amide bonds. The second kappa shape index (κ2) is 4.52. The van der Waals surface area contributed by atoms with Crippen LogP contribution in [0.2, 0.25) is 0 Å². The lowest BCUT2D eigenvalue weighted by Gasteiger charge is -2.11. The third-order valence-electron chi connectivity index (χ3n) is 1.72. The first-order chi connectivity index (χ1) is 6.65. The molecule has 0 saturated heterocycles. The van der Waals surface area contributed by atoms with Crippen molar-refractivity contribution in [2.75, 3.05) is 11.9 Å². The highest BCUT2D eigenvalue weighted by molar-refractivity contribution is 5.55. The maximum atomic E-state index is 10.6. The minimum Gasteiger partial charge on any atom is -0.361 e. The molecule has 0 radical (unpaired) electrons. The number of rotatable bonds is 4. The lowest BCUT2D eigenvalue weighted by atomic mass is 10.3. The van der Waals surface area contributed by atoms with Gasteiger partial charge in [0.2, 0.25) is 5.82 Å². The maximum absolute atomic E-state index is 10.6. The SMILES string of the molecule is CC(CN)Nc1ncccc1[N+](=O)[O-]. The van der Waals surface area contributed by atoms with Gasteiger partial charge < -0.3 is 11.1 Å². The van der Waals surface area contributed by atoms with Crippen molar-refractivity contribution in [3.8, 4) is 0 Å². The molecular formula is C8H12N4O2. The molecule has 0 saturated carbocycles. The summed E-state index contributed by atoms with van der Waals surface area (Å²) >= 11 is 0. The molecule has 0 spiro atoms. The zero-order valence-electron chi connectivity index (χ0n) is 7.80. The molecular weight excluding hydrogens is 184 g/mol. The van der Waals surface area contributed by atoms with E-state index in [1.54, 1.807) is 0 Å². The summed E-state index contributed by atoms with van der Waals surface area (Å²) in [6.07, 6.45) is 1.50. The number of hydrogen-bond acceptors (Lipinski definition) is 5. The summed E-state index contributed by atoms with van der Waals surface area (Å²) in [5.74, 6) is 0.260. The van der Waals surface area contributed by atoms with Crippen molar-refractivity contribution in [3.05, 3.63) is 28.4 Å². The average Bonchev–Trinajstić information content (AvgIpc) is 2.18. The van der Waals surface area contributed by atoms with Crippen LogP contribution in [-0.4, -0.2) is 22.5 Å². The Morgan fingerprint density at radius 3 is 3.07 bits per heavy atom. The fourth-order valence-corrected chi connectivity index (χ4v) is 0.948.